The number of hydrogen-bond donors (Lipinski definition) is 6. The number of Topliss-reactive ketones (excluding diaryl/α,β-unsaturated/α-hetero) is 5. The van der Waals surface area contributed by atoms with Crippen molar-refractivity contribution in [2.24, 2.45) is 0 Å². The van der Waals surface area contributed by atoms with Crippen LogP contribution < -0.4 is 37.5 Å². The van der Waals surface area contributed by atoms with Gasteiger partial charge in [-0.1, -0.05) is 111 Å². The zero-order valence-electron chi connectivity index (χ0n) is 65.1. The molecule has 0 bridgehead atoms. The van der Waals surface area contributed by atoms with Crippen molar-refractivity contribution in [3.63, 3.8) is 0 Å². The van der Waals surface area contributed by atoms with Crippen LogP contribution >= 0.6 is 173 Å². The van der Waals surface area contributed by atoms with Crippen molar-refractivity contribution < 1.29 is 67.2 Å². The van der Waals surface area contributed by atoms with Gasteiger partial charge in [-0.25, -0.2) is 33.7 Å². The highest BCUT2D eigenvalue weighted by atomic mass is 79.9. The highest BCUT2D eigenvalue weighted by Crippen LogP contribution is 2.27. The van der Waals surface area contributed by atoms with Gasteiger partial charge in [0.15, 0.2) is 68.3 Å². The first-order valence-corrected chi connectivity index (χ1v) is 43.8. The molecule has 43 heteroatoms. The van der Waals surface area contributed by atoms with Gasteiger partial charge in [-0.05, 0) is 166 Å². The summed E-state index contributed by atoms with van der Waals surface area (Å²) in [5.41, 5.74) is 4.89. The zero-order chi connectivity index (χ0) is 86.4. The Morgan fingerprint density at radius 2 is 0.633 bits per heavy atom. The van der Waals surface area contributed by atoms with E-state index in [0.717, 1.165) is 36.1 Å². The summed E-state index contributed by atoms with van der Waals surface area (Å²) in [6, 6.07) is 31.9. The monoisotopic (exact) mass is 2160 g/mol. The third kappa shape index (κ3) is 31.5. The second-order valence-corrected chi connectivity index (χ2v) is 37.2. The number of pyridine rings is 5. The molecule has 120 heavy (non-hydrogen) atoms. The molecule has 0 aliphatic rings. The first-order valence-electron chi connectivity index (χ1n) is 33.2. The fourth-order valence-corrected chi connectivity index (χ4v) is 15.2. The Balaban J connectivity index is 0.000000742. The van der Waals surface area contributed by atoms with Crippen LogP contribution in [0.4, 0.5) is 0 Å². The number of halogens is 13. The minimum atomic E-state index is -3.37. The Morgan fingerprint density at radius 3 is 0.958 bits per heavy atom. The Morgan fingerprint density at radius 1 is 0.342 bits per heavy atom. The maximum atomic E-state index is 11.8. The smallest absolute Gasteiger partial charge is 0.251 e. The molecule has 0 atom stereocenters. The molecule has 0 saturated carbocycles. The number of rotatable bonds is 21. The summed E-state index contributed by atoms with van der Waals surface area (Å²) in [6.45, 7) is 7.91. The molecule has 0 unspecified atom stereocenters. The maximum Gasteiger partial charge on any atom is 0.251 e. The molecular formula is C77H80Br4Cl9N11O15S4. The molecule has 648 valence electrons. The number of ether oxygens (including phenoxy) is 1. The summed E-state index contributed by atoms with van der Waals surface area (Å²) in [5.74, 6) is -1.03. The van der Waals surface area contributed by atoms with Crippen molar-refractivity contribution in [2.75, 3.05) is 39.2 Å². The fourth-order valence-electron chi connectivity index (χ4n) is 10.7. The number of ketones is 5. The lowest BCUT2D eigenvalue weighted by molar-refractivity contribution is 0.0959. The van der Waals surface area contributed by atoms with Crippen molar-refractivity contribution in [1.29, 1.82) is 27.0 Å². The molecular weight excluding hydrogens is 2090 g/mol. The Hall–Kier alpha value is -7.20. The normalized spacial score (nSPS) is 10.8. The van der Waals surface area contributed by atoms with Gasteiger partial charge in [0.05, 0.1) is 99.3 Å². The van der Waals surface area contributed by atoms with Gasteiger partial charge in [0.25, 0.3) is 5.91 Å². The van der Waals surface area contributed by atoms with Crippen molar-refractivity contribution in [2.45, 2.75) is 86.9 Å². The number of nitrogens with zero attached hydrogens (tertiary/aromatic N) is 5. The highest BCUT2D eigenvalue weighted by Gasteiger charge is 2.20. The molecule has 6 N–H and O–H groups in total. The van der Waals surface area contributed by atoms with Gasteiger partial charge in [-0.2, -0.15) is 0 Å². The molecule has 0 spiro atoms. The fraction of sp³-hybridized carbons (Fsp3) is 0.208. The van der Waals surface area contributed by atoms with E-state index in [1.807, 2.05) is 0 Å². The van der Waals surface area contributed by atoms with E-state index < -0.39 is 39.3 Å². The molecule has 10 aromatic rings. The zero-order valence-corrected chi connectivity index (χ0v) is 82.1. The quantitative estimate of drug-likeness (QED) is 0.0364. The van der Waals surface area contributed by atoms with Crippen LogP contribution in [-0.2, 0) is 72.1 Å². The number of carbonyl (C=O) groups excluding carboxylic acids is 6. The van der Waals surface area contributed by atoms with E-state index in [0.29, 0.717) is 69.7 Å². The molecule has 0 fully saturated rings. The largest absolute Gasteiger partial charge is 0.496 e. The van der Waals surface area contributed by atoms with E-state index in [2.05, 4.69) is 5.32 Å². The third-order valence-corrected chi connectivity index (χ3v) is 23.0. The lowest BCUT2D eigenvalue weighted by Gasteiger charge is -2.14. The summed E-state index contributed by atoms with van der Waals surface area (Å²) in [6.07, 6.45) is 12.2. The Labute approximate surface area is 780 Å². The average molecular weight is 2170 g/mol. The van der Waals surface area contributed by atoms with Gasteiger partial charge >= 0.3 is 0 Å². The van der Waals surface area contributed by atoms with Gasteiger partial charge in [-0.15, -0.1) is 80.3 Å². The van der Waals surface area contributed by atoms with Crippen LogP contribution in [0.25, 0.3) is 0 Å². The third-order valence-electron chi connectivity index (χ3n) is 16.5. The van der Waals surface area contributed by atoms with Crippen LogP contribution in [0.15, 0.2) is 178 Å². The summed E-state index contributed by atoms with van der Waals surface area (Å²) in [4.78, 5) is 70.3. The number of sulfone groups is 4. The minimum Gasteiger partial charge on any atom is -0.496 e. The van der Waals surface area contributed by atoms with Crippen LogP contribution in [0.1, 0.15) is 125 Å². The lowest BCUT2D eigenvalue weighted by atomic mass is 10.1. The van der Waals surface area contributed by atoms with Gasteiger partial charge in [0.1, 0.15) is 33.2 Å². The molecule has 0 aliphatic heterocycles. The predicted molar refractivity (Wildman–Crippen MR) is 490 cm³/mol. The van der Waals surface area contributed by atoms with Crippen molar-refractivity contribution in [3.05, 3.63) is 287 Å². The number of methoxy groups -OCH3 is 1. The number of carbonyl (C=O) groups is 6. The number of benzene rings is 5. The van der Waals surface area contributed by atoms with E-state index in [1.54, 1.807) is 64.0 Å². The molecule has 5 aromatic carbocycles. The van der Waals surface area contributed by atoms with Gasteiger partial charge in [0, 0.05) is 102 Å². The first kappa shape index (κ1) is 111. The SMILES string of the molecule is Br.Br.Br.Br.CC(=O)c1cc(Cl)cn(Cc2cc(S(C)(=O)=O)ccc2Cl)c1=N.CC(=O)c1cc(Cl)cn(Cc2ccc(S(C)(=O)=O)cc2)c1=N.CC(=O)c1cc(Cl)cn(Cc2ccc(S(C)(=O)=O)cc2Cl)c1=N.CNC(=O)c1cc(Cl)cc(Cn2cc(Cl)cc(C(C)=O)c2=N)c1.COc1ccc(S(C)(=O)=O)cc1Cn1cc(Cl)cc(C(C)=O)c1=N.Cl. The topological polar surface area (TPSA) is 404 Å². The number of amides is 1. The first-order chi connectivity index (χ1) is 53.3. The van der Waals surface area contributed by atoms with E-state index >= 15 is 0 Å². The van der Waals surface area contributed by atoms with Crippen molar-refractivity contribution in [3.8, 4) is 5.75 Å². The predicted octanol–water partition coefficient (Wildman–Crippen LogP) is 16.0. The summed E-state index contributed by atoms with van der Waals surface area (Å²) in [5, 5.41) is 45.8. The molecule has 26 nitrogen and oxygen atoms in total. The van der Waals surface area contributed by atoms with Gasteiger partial charge in [0.2, 0.25) is 0 Å². The summed E-state index contributed by atoms with van der Waals surface area (Å²) >= 11 is 48.3. The molecule has 0 saturated heterocycles. The van der Waals surface area contributed by atoms with Crippen LogP contribution in [0.3, 0.4) is 0 Å². The van der Waals surface area contributed by atoms with Gasteiger partial charge in [-0.3, -0.25) is 55.8 Å². The number of hydrogen-bond acceptors (Lipinski definition) is 20. The molecule has 5 aromatic heterocycles. The van der Waals surface area contributed by atoms with E-state index in [4.69, 9.17) is 125 Å². The molecule has 5 heterocycles. The van der Waals surface area contributed by atoms with Crippen LogP contribution in [0.2, 0.25) is 40.2 Å². The lowest BCUT2D eigenvalue weighted by Crippen LogP contribution is -2.26. The molecule has 10 rings (SSSR count). The standard InChI is InChI=1S/C16H15Cl2N3O2.C16H17ClN2O4S.2C15H14Cl2N2O3S.C15H15ClN2O3S.4BrH.ClH/c1-9(22)14-6-13(18)8-21(15(14)19)7-10-3-11(16(23)20-2)5-12(17)4-10;1-10(20)14-7-12(17)9-19(16(14)18)8-11-6-13(24(3,21)22)4-5-15(11)23-2;1-9(20)13-6-11(16)8-19(15(13)18)7-10-5-12(23(2,21)22)3-4-14(10)17;1-9(20)13-5-11(16)8-19(15(13)18)7-10-3-4-12(6-14(10)17)23(2,21)22;1-10(19)14-7-12(16)9-18(15(14)17)8-11-3-5-13(6-4-11)22(2,20)21;;;;;/h3-6,8,19H,7H2,1-2H3,(H,20,23);4-7,9,18H,8H2,1-3H3;2*3-6,8,18H,7H2,1-2H3;3-7,9,17H,8H2,1-2H3;5*1H. The molecule has 1 amide bonds. The molecule has 0 aliphatic carbocycles. The second-order valence-electron chi connectivity index (χ2n) is 25.7. The van der Waals surface area contributed by atoms with E-state index in [1.165, 1.54) is 166 Å². The number of nitrogens with one attached hydrogen (secondary N) is 6. The second kappa shape index (κ2) is 47.6. The Kier molecular flexibility index (Phi) is 44.0. The highest BCUT2D eigenvalue weighted by molar-refractivity contribution is 8.93. The Bertz CT molecular complexity index is 6400. The van der Waals surface area contributed by atoms with Gasteiger partial charge < -0.3 is 32.9 Å². The summed E-state index contributed by atoms with van der Waals surface area (Å²) < 4.78 is 106. The van der Waals surface area contributed by atoms with Crippen LogP contribution in [0.5, 0.6) is 5.75 Å². The molecule has 0 radical (unpaired) electrons. The van der Waals surface area contributed by atoms with Crippen molar-refractivity contribution >= 4 is 247 Å². The minimum absolute atomic E-state index is 0. The van der Waals surface area contributed by atoms with Crippen molar-refractivity contribution in [1.82, 2.24) is 28.2 Å². The van der Waals surface area contributed by atoms with E-state index in [-0.39, 0.29) is 221 Å². The maximum absolute atomic E-state index is 11.8. The van der Waals surface area contributed by atoms with Crippen LogP contribution in [-0.4, -0.2) is 131 Å². The number of aromatic nitrogens is 5. The van der Waals surface area contributed by atoms with Crippen LogP contribution in [0, 0.1) is 27.0 Å². The van der Waals surface area contributed by atoms with E-state index in [9.17, 15) is 62.4 Å². The summed E-state index contributed by atoms with van der Waals surface area (Å²) in [7, 11) is -10.3. The average Bonchev–Trinajstić information content (AvgIpc) is 0.813.